The van der Waals surface area contributed by atoms with E-state index in [0.29, 0.717) is 16.8 Å². The summed E-state index contributed by atoms with van der Waals surface area (Å²) < 4.78 is 0.849. The van der Waals surface area contributed by atoms with E-state index in [-0.39, 0.29) is 11.5 Å². The van der Waals surface area contributed by atoms with E-state index >= 15 is 0 Å². The van der Waals surface area contributed by atoms with E-state index < -0.39 is 0 Å². The van der Waals surface area contributed by atoms with Crippen molar-refractivity contribution in [2.45, 2.75) is 19.9 Å². The summed E-state index contributed by atoms with van der Waals surface area (Å²) in [6.45, 7) is 2.58. The van der Waals surface area contributed by atoms with Crippen LogP contribution in [-0.4, -0.2) is 10.9 Å². The number of fused-ring (bicyclic) bond motifs is 3. The number of thiophene rings is 1. The molecular formula is C21H18N2O2S. The average molecular weight is 362 g/mol. The molecule has 4 aromatic rings. The maximum Gasteiger partial charge on any atom is 0.261 e. The Morgan fingerprint density at radius 3 is 2.54 bits per heavy atom. The molecule has 0 fully saturated rings. The van der Waals surface area contributed by atoms with Crippen molar-refractivity contribution in [1.82, 2.24) is 10.3 Å². The van der Waals surface area contributed by atoms with E-state index in [4.69, 9.17) is 0 Å². The first-order valence-electron chi connectivity index (χ1n) is 8.56. The van der Waals surface area contributed by atoms with Gasteiger partial charge in [0.1, 0.15) is 0 Å². The number of pyridine rings is 1. The molecule has 0 saturated heterocycles. The molecule has 4 rings (SSSR count). The minimum atomic E-state index is -0.163. The molecule has 2 heterocycles. The number of amides is 1. The van der Waals surface area contributed by atoms with E-state index in [0.717, 1.165) is 27.6 Å². The molecule has 4 nitrogen and oxygen atoms in total. The van der Waals surface area contributed by atoms with Crippen molar-refractivity contribution < 1.29 is 4.79 Å². The van der Waals surface area contributed by atoms with Crippen LogP contribution in [0, 0.1) is 0 Å². The first-order valence-corrected chi connectivity index (χ1v) is 9.38. The molecule has 0 aliphatic heterocycles. The predicted octanol–water partition coefficient (Wildman–Crippen LogP) is 4.24. The van der Waals surface area contributed by atoms with Crippen LogP contribution in [0.1, 0.15) is 27.7 Å². The van der Waals surface area contributed by atoms with Crippen LogP contribution in [0.25, 0.3) is 21.0 Å². The van der Waals surface area contributed by atoms with Gasteiger partial charge in [0.25, 0.3) is 11.5 Å². The monoisotopic (exact) mass is 362 g/mol. The van der Waals surface area contributed by atoms with Gasteiger partial charge >= 0.3 is 0 Å². The van der Waals surface area contributed by atoms with Crippen molar-refractivity contribution in [2.24, 2.45) is 0 Å². The van der Waals surface area contributed by atoms with Crippen LogP contribution in [0.5, 0.6) is 0 Å². The molecule has 0 unspecified atom stereocenters. The normalized spacial score (nSPS) is 11.1. The number of aromatic amines is 1. The van der Waals surface area contributed by atoms with Crippen molar-refractivity contribution in [1.29, 1.82) is 0 Å². The largest absolute Gasteiger partial charge is 0.347 e. The summed E-state index contributed by atoms with van der Waals surface area (Å²) in [6, 6.07) is 17.5. The Kier molecular flexibility index (Phi) is 4.31. The highest BCUT2D eigenvalue weighted by molar-refractivity contribution is 7.21. The zero-order valence-corrected chi connectivity index (χ0v) is 15.2. The molecule has 5 heteroatoms. The zero-order chi connectivity index (χ0) is 18.1. The Hall–Kier alpha value is -2.92. The Bertz CT molecular complexity index is 1160. The molecule has 0 bridgehead atoms. The molecule has 1 amide bonds. The summed E-state index contributed by atoms with van der Waals surface area (Å²) in [5.74, 6) is -0.158. The quantitative estimate of drug-likeness (QED) is 0.570. The van der Waals surface area contributed by atoms with E-state index in [9.17, 15) is 9.59 Å². The highest BCUT2D eigenvalue weighted by Crippen LogP contribution is 2.29. The van der Waals surface area contributed by atoms with Crippen molar-refractivity contribution in [3.05, 3.63) is 81.0 Å². The van der Waals surface area contributed by atoms with Crippen molar-refractivity contribution in [2.75, 3.05) is 0 Å². The lowest BCUT2D eigenvalue weighted by Crippen LogP contribution is -2.21. The van der Waals surface area contributed by atoms with Gasteiger partial charge in [0.15, 0.2) is 0 Å². The number of hydrogen-bond acceptors (Lipinski definition) is 3. The third-order valence-corrected chi connectivity index (χ3v) is 5.67. The van der Waals surface area contributed by atoms with Crippen LogP contribution in [0.15, 0.2) is 59.4 Å². The van der Waals surface area contributed by atoms with Gasteiger partial charge in [-0.15, -0.1) is 11.3 Å². The number of carbonyl (C=O) groups excluding carboxylic acids is 1. The average Bonchev–Trinajstić information content (AvgIpc) is 3.13. The molecule has 130 valence electrons. The van der Waals surface area contributed by atoms with Crippen molar-refractivity contribution >= 4 is 38.2 Å². The molecule has 0 saturated carbocycles. The number of benzene rings is 2. The summed E-state index contributed by atoms with van der Waals surface area (Å²) in [5.41, 5.74) is 2.95. The number of carbonyl (C=O) groups is 1. The number of aryl methyl sites for hydroxylation is 1. The molecule has 0 spiro atoms. The standard InChI is InChI=1S/C21H18N2O2S/c1-2-13-7-9-14(10-8-13)12-22-21(25)18-11-16-19(26-18)15-5-3-4-6-17(15)23-20(16)24/h3-11H,2,12H2,1H3,(H,22,25)(H,23,24). The van der Waals surface area contributed by atoms with Crippen molar-refractivity contribution in [3.63, 3.8) is 0 Å². The van der Waals surface area contributed by atoms with Gasteiger partial charge < -0.3 is 10.3 Å². The SMILES string of the molecule is CCc1ccc(CNC(=O)c2cc3c(=O)[nH]c4ccccc4c3s2)cc1. The summed E-state index contributed by atoms with van der Waals surface area (Å²) in [6.07, 6.45) is 0.997. The molecule has 2 aromatic heterocycles. The highest BCUT2D eigenvalue weighted by Gasteiger charge is 2.14. The van der Waals surface area contributed by atoms with E-state index in [1.54, 1.807) is 6.07 Å². The molecule has 2 N–H and O–H groups in total. The second kappa shape index (κ2) is 6.77. The number of H-pyrrole nitrogens is 1. The molecule has 2 aromatic carbocycles. The van der Waals surface area contributed by atoms with Gasteiger partial charge in [0.05, 0.1) is 10.3 Å². The van der Waals surface area contributed by atoms with Gasteiger partial charge in [-0.3, -0.25) is 9.59 Å². The Morgan fingerprint density at radius 2 is 1.77 bits per heavy atom. The summed E-state index contributed by atoms with van der Waals surface area (Å²) in [4.78, 5) is 28.3. The lowest BCUT2D eigenvalue weighted by Gasteiger charge is -2.04. The molecule has 26 heavy (non-hydrogen) atoms. The van der Waals surface area contributed by atoms with Crippen LogP contribution in [0.2, 0.25) is 0 Å². The second-order valence-electron chi connectivity index (χ2n) is 6.21. The lowest BCUT2D eigenvalue weighted by molar-refractivity contribution is 0.0955. The van der Waals surface area contributed by atoms with Gasteiger partial charge in [0.2, 0.25) is 0 Å². The minimum absolute atomic E-state index is 0.158. The third-order valence-electron chi connectivity index (χ3n) is 4.50. The highest BCUT2D eigenvalue weighted by atomic mass is 32.1. The van der Waals surface area contributed by atoms with Crippen LogP contribution in [-0.2, 0) is 13.0 Å². The fourth-order valence-electron chi connectivity index (χ4n) is 3.01. The maximum absolute atomic E-state index is 12.5. The number of para-hydroxylation sites is 1. The topological polar surface area (TPSA) is 62.0 Å². The molecular weight excluding hydrogens is 344 g/mol. The third kappa shape index (κ3) is 3.02. The summed E-state index contributed by atoms with van der Waals surface area (Å²) in [7, 11) is 0. The Balaban J connectivity index is 1.61. The molecule has 0 aliphatic rings. The minimum Gasteiger partial charge on any atom is -0.347 e. The Morgan fingerprint density at radius 1 is 1.04 bits per heavy atom. The fourth-order valence-corrected chi connectivity index (χ4v) is 4.12. The van der Waals surface area contributed by atoms with Crippen molar-refractivity contribution in [3.8, 4) is 0 Å². The summed E-state index contributed by atoms with van der Waals surface area (Å²) >= 11 is 1.36. The van der Waals surface area contributed by atoms with Crippen LogP contribution < -0.4 is 10.9 Å². The first kappa shape index (κ1) is 16.5. The smallest absolute Gasteiger partial charge is 0.261 e. The predicted molar refractivity (Wildman–Crippen MR) is 107 cm³/mol. The fraction of sp³-hybridized carbons (Fsp3) is 0.143. The Labute approximate surface area is 154 Å². The molecule has 0 radical (unpaired) electrons. The zero-order valence-electron chi connectivity index (χ0n) is 14.3. The van der Waals surface area contributed by atoms with Gasteiger partial charge in [-0.1, -0.05) is 49.4 Å². The van der Waals surface area contributed by atoms with Gasteiger partial charge in [-0.05, 0) is 29.7 Å². The maximum atomic E-state index is 12.5. The number of hydrogen-bond donors (Lipinski definition) is 2. The van der Waals surface area contributed by atoms with Gasteiger partial charge in [-0.2, -0.15) is 0 Å². The summed E-state index contributed by atoms with van der Waals surface area (Å²) in [5, 5.41) is 4.46. The second-order valence-corrected chi connectivity index (χ2v) is 7.26. The van der Waals surface area contributed by atoms with E-state index in [1.165, 1.54) is 16.9 Å². The lowest BCUT2D eigenvalue weighted by atomic mass is 10.1. The van der Waals surface area contributed by atoms with Crippen LogP contribution in [0.3, 0.4) is 0 Å². The first-order chi connectivity index (χ1) is 12.7. The van der Waals surface area contributed by atoms with E-state index in [2.05, 4.69) is 29.4 Å². The van der Waals surface area contributed by atoms with Crippen LogP contribution in [0.4, 0.5) is 0 Å². The molecule has 0 atom stereocenters. The van der Waals surface area contributed by atoms with Gasteiger partial charge in [-0.25, -0.2) is 0 Å². The van der Waals surface area contributed by atoms with Crippen LogP contribution >= 0.6 is 11.3 Å². The molecule has 0 aliphatic carbocycles. The number of rotatable bonds is 4. The number of nitrogens with one attached hydrogen (secondary N) is 2. The van der Waals surface area contributed by atoms with E-state index in [1.807, 2.05) is 36.4 Å². The number of aromatic nitrogens is 1. The van der Waals surface area contributed by atoms with Gasteiger partial charge in [0, 0.05) is 22.1 Å².